The Bertz CT molecular complexity index is 566. The summed E-state index contributed by atoms with van der Waals surface area (Å²) in [5, 5.41) is 0. The van der Waals surface area contributed by atoms with Crippen LogP contribution in [0.5, 0.6) is 0 Å². The van der Waals surface area contributed by atoms with Gasteiger partial charge >= 0.3 is 0 Å². The number of rotatable bonds is 1. The monoisotopic (exact) mass is 255 g/mol. The first kappa shape index (κ1) is 12.2. The van der Waals surface area contributed by atoms with E-state index in [1.54, 1.807) is 12.1 Å². The van der Waals surface area contributed by atoms with Gasteiger partial charge in [-0.25, -0.2) is 0 Å². The molecule has 0 atom stereocenters. The molecule has 0 aromatic heterocycles. The van der Waals surface area contributed by atoms with E-state index in [1.165, 1.54) is 0 Å². The highest BCUT2D eigenvalue weighted by atomic mass is 16.2. The van der Waals surface area contributed by atoms with Gasteiger partial charge in [-0.1, -0.05) is 31.2 Å². The standard InChI is InChI=1S/C16H17NO2/c1-11-6-8-17(9-7-11)16(19)14-10-12-4-2-3-5-13(12)15(14)18/h2-5,10-11H,6-9H2,1H3. The lowest BCUT2D eigenvalue weighted by Crippen LogP contribution is -2.39. The molecule has 1 aromatic carbocycles. The van der Waals surface area contributed by atoms with E-state index in [1.807, 2.05) is 23.1 Å². The first-order chi connectivity index (χ1) is 9.16. The second-order valence-corrected chi connectivity index (χ2v) is 5.45. The number of carbonyl (C=O) groups excluding carboxylic acids is 2. The Balaban J connectivity index is 1.81. The minimum Gasteiger partial charge on any atom is -0.339 e. The predicted octanol–water partition coefficient (Wildman–Crippen LogP) is 2.52. The average molecular weight is 255 g/mol. The number of hydrogen-bond acceptors (Lipinski definition) is 2. The van der Waals surface area contributed by atoms with Gasteiger partial charge in [0.25, 0.3) is 5.91 Å². The van der Waals surface area contributed by atoms with E-state index in [-0.39, 0.29) is 11.7 Å². The van der Waals surface area contributed by atoms with Crippen molar-refractivity contribution in [2.45, 2.75) is 19.8 Å². The Morgan fingerprint density at radius 2 is 1.89 bits per heavy atom. The summed E-state index contributed by atoms with van der Waals surface area (Å²) in [6.07, 6.45) is 3.79. The van der Waals surface area contributed by atoms with Crippen molar-refractivity contribution in [2.75, 3.05) is 13.1 Å². The van der Waals surface area contributed by atoms with E-state index >= 15 is 0 Å². The average Bonchev–Trinajstić information content (AvgIpc) is 2.77. The molecule has 1 aliphatic heterocycles. The fourth-order valence-corrected chi connectivity index (χ4v) is 2.74. The van der Waals surface area contributed by atoms with E-state index in [0.29, 0.717) is 17.1 Å². The van der Waals surface area contributed by atoms with Crippen LogP contribution >= 0.6 is 0 Å². The number of fused-ring (bicyclic) bond motifs is 1. The van der Waals surface area contributed by atoms with E-state index in [9.17, 15) is 9.59 Å². The summed E-state index contributed by atoms with van der Waals surface area (Å²) in [6.45, 7) is 3.74. The highest BCUT2D eigenvalue weighted by molar-refractivity contribution is 6.32. The van der Waals surface area contributed by atoms with Gasteiger partial charge in [-0.3, -0.25) is 9.59 Å². The fraction of sp³-hybridized carbons (Fsp3) is 0.375. The van der Waals surface area contributed by atoms with Crippen molar-refractivity contribution >= 4 is 17.8 Å². The molecule has 2 aliphatic rings. The van der Waals surface area contributed by atoms with Crippen LogP contribution in [0.3, 0.4) is 0 Å². The second-order valence-electron chi connectivity index (χ2n) is 5.45. The van der Waals surface area contributed by atoms with Gasteiger partial charge in [0, 0.05) is 18.7 Å². The van der Waals surface area contributed by atoms with Crippen molar-refractivity contribution in [1.82, 2.24) is 4.90 Å². The van der Waals surface area contributed by atoms with Crippen LogP contribution in [0.2, 0.25) is 0 Å². The highest BCUT2D eigenvalue weighted by Crippen LogP contribution is 2.27. The molecule has 3 heteroatoms. The molecule has 0 bridgehead atoms. The number of ketones is 1. The van der Waals surface area contributed by atoms with E-state index < -0.39 is 0 Å². The van der Waals surface area contributed by atoms with Crippen molar-refractivity contribution < 1.29 is 9.59 Å². The smallest absolute Gasteiger partial charge is 0.257 e. The zero-order valence-corrected chi connectivity index (χ0v) is 11.1. The quantitative estimate of drug-likeness (QED) is 0.723. The first-order valence-corrected chi connectivity index (χ1v) is 6.81. The van der Waals surface area contributed by atoms with Crippen LogP contribution in [0, 0.1) is 5.92 Å². The van der Waals surface area contributed by atoms with Gasteiger partial charge in [0.1, 0.15) is 0 Å². The molecule has 1 saturated heterocycles. The summed E-state index contributed by atoms with van der Waals surface area (Å²) in [4.78, 5) is 26.5. The summed E-state index contributed by atoms with van der Waals surface area (Å²) in [6, 6.07) is 7.39. The molecule has 98 valence electrons. The van der Waals surface area contributed by atoms with Gasteiger partial charge in [-0.15, -0.1) is 0 Å². The molecule has 19 heavy (non-hydrogen) atoms. The van der Waals surface area contributed by atoms with Crippen LogP contribution in [-0.4, -0.2) is 29.7 Å². The van der Waals surface area contributed by atoms with Crippen molar-refractivity contribution in [3.8, 4) is 0 Å². The van der Waals surface area contributed by atoms with Crippen molar-refractivity contribution in [3.05, 3.63) is 41.0 Å². The Hall–Kier alpha value is -1.90. The van der Waals surface area contributed by atoms with E-state index in [0.717, 1.165) is 31.5 Å². The zero-order chi connectivity index (χ0) is 13.4. The summed E-state index contributed by atoms with van der Waals surface area (Å²) in [5.41, 5.74) is 1.84. The van der Waals surface area contributed by atoms with Crippen LogP contribution in [0.25, 0.3) is 6.08 Å². The molecule has 0 N–H and O–H groups in total. The molecular weight excluding hydrogens is 238 g/mol. The molecule has 0 saturated carbocycles. The van der Waals surface area contributed by atoms with Gasteiger partial charge < -0.3 is 4.90 Å². The number of piperidine rings is 1. The number of nitrogens with zero attached hydrogens (tertiary/aromatic N) is 1. The SMILES string of the molecule is CC1CCN(C(=O)C2=Cc3ccccc3C2=O)CC1. The van der Waals surface area contributed by atoms with Gasteiger partial charge in [0.2, 0.25) is 0 Å². The van der Waals surface area contributed by atoms with E-state index in [4.69, 9.17) is 0 Å². The number of Topliss-reactive ketones (excluding diaryl/α,β-unsaturated/α-hetero) is 1. The van der Waals surface area contributed by atoms with Crippen LogP contribution in [0.4, 0.5) is 0 Å². The Morgan fingerprint density at radius 3 is 2.58 bits per heavy atom. The molecule has 1 aromatic rings. The molecule has 0 spiro atoms. The Labute approximate surface area is 112 Å². The number of benzene rings is 1. The van der Waals surface area contributed by atoms with Crippen molar-refractivity contribution in [2.24, 2.45) is 5.92 Å². The third-order valence-corrected chi connectivity index (χ3v) is 4.05. The summed E-state index contributed by atoms with van der Waals surface area (Å²) < 4.78 is 0. The minimum atomic E-state index is -0.126. The van der Waals surface area contributed by atoms with Crippen molar-refractivity contribution in [1.29, 1.82) is 0 Å². The third kappa shape index (κ3) is 2.09. The molecule has 1 aliphatic carbocycles. The van der Waals surface area contributed by atoms with Gasteiger partial charge in [0.15, 0.2) is 5.78 Å². The number of hydrogen-bond donors (Lipinski definition) is 0. The Kier molecular flexibility index (Phi) is 2.97. The summed E-state index contributed by atoms with van der Waals surface area (Å²) in [7, 11) is 0. The lowest BCUT2D eigenvalue weighted by molar-refractivity contribution is -0.127. The molecule has 1 amide bonds. The largest absolute Gasteiger partial charge is 0.339 e. The second kappa shape index (κ2) is 4.65. The third-order valence-electron chi connectivity index (χ3n) is 4.05. The van der Waals surface area contributed by atoms with Crippen LogP contribution < -0.4 is 0 Å². The van der Waals surface area contributed by atoms with Crippen LogP contribution in [-0.2, 0) is 4.79 Å². The topological polar surface area (TPSA) is 37.4 Å². The number of amides is 1. The maximum atomic E-state index is 12.4. The minimum absolute atomic E-state index is 0.104. The van der Waals surface area contributed by atoms with Gasteiger partial charge in [-0.05, 0) is 30.4 Å². The maximum absolute atomic E-state index is 12.4. The molecule has 3 nitrogen and oxygen atoms in total. The lowest BCUT2D eigenvalue weighted by Gasteiger charge is -2.30. The predicted molar refractivity (Wildman–Crippen MR) is 73.7 cm³/mol. The van der Waals surface area contributed by atoms with E-state index in [2.05, 4.69) is 6.92 Å². The normalized spacial score (nSPS) is 19.3. The lowest BCUT2D eigenvalue weighted by atomic mass is 9.98. The molecule has 0 unspecified atom stereocenters. The number of likely N-dealkylation sites (tertiary alicyclic amines) is 1. The first-order valence-electron chi connectivity index (χ1n) is 6.81. The highest BCUT2D eigenvalue weighted by Gasteiger charge is 2.31. The maximum Gasteiger partial charge on any atom is 0.257 e. The molecule has 0 radical (unpaired) electrons. The van der Waals surface area contributed by atoms with Crippen LogP contribution in [0.1, 0.15) is 35.7 Å². The molecule has 1 heterocycles. The summed E-state index contributed by atoms with van der Waals surface area (Å²) in [5.74, 6) is 0.446. The van der Waals surface area contributed by atoms with Gasteiger partial charge in [0.05, 0.1) is 5.57 Å². The molecule has 1 fully saturated rings. The molecular formula is C16H17NO2. The molecule has 3 rings (SSSR count). The van der Waals surface area contributed by atoms with Crippen LogP contribution in [0.15, 0.2) is 29.8 Å². The fourth-order valence-electron chi connectivity index (χ4n) is 2.74. The van der Waals surface area contributed by atoms with Crippen molar-refractivity contribution in [3.63, 3.8) is 0 Å². The zero-order valence-electron chi connectivity index (χ0n) is 11.1. The number of carbonyl (C=O) groups is 2. The van der Waals surface area contributed by atoms with Gasteiger partial charge in [-0.2, -0.15) is 0 Å². The summed E-state index contributed by atoms with van der Waals surface area (Å²) >= 11 is 0. The Morgan fingerprint density at radius 1 is 1.21 bits per heavy atom.